The van der Waals surface area contributed by atoms with E-state index in [1.165, 1.54) is 32.9 Å². The molecule has 1 aromatic carbocycles. The lowest BCUT2D eigenvalue weighted by molar-refractivity contribution is -0.142. The molecule has 0 aliphatic carbocycles. The first-order chi connectivity index (χ1) is 14.5. The number of nitrogens with zero attached hydrogens (tertiary/aromatic N) is 3. The average Bonchev–Trinajstić information content (AvgIpc) is 2.96. The highest BCUT2D eigenvalue weighted by Gasteiger charge is 2.49. The van der Waals surface area contributed by atoms with Crippen LogP contribution in [0, 0.1) is 5.82 Å². The molecule has 13 heteroatoms. The Morgan fingerprint density at radius 1 is 1.28 bits per heavy atom. The summed E-state index contributed by atoms with van der Waals surface area (Å²) >= 11 is 5.97. The van der Waals surface area contributed by atoms with Gasteiger partial charge < -0.3 is 11.1 Å². The number of aliphatic imine (C=N–C) groups is 1. The molecule has 1 atom stereocenters. The lowest BCUT2D eigenvalue weighted by Crippen LogP contribution is -2.54. The van der Waals surface area contributed by atoms with E-state index in [0.29, 0.717) is 10.4 Å². The highest BCUT2D eigenvalue weighted by atomic mass is 35.5. The van der Waals surface area contributed by atoms with E-state index < -0.39 is 44.4 Å². The summed E-state index contributed by atoms with van der Waals surface area (Å²) in [6.45, 7) is 3.04. The van der Waals surface area contributed by atoms with Crippen LogP contribution in [0.25, 0.3) is 0 Å². The van der Waals surface area contributed by atoms with Gasteiger partial charge in [0.05, 0.1) is 17.3 Å². The molecule has 0 amide bonds. The number of alkyl halides is 3. The Morgan fingerprint density at radius 2 is 1.94 bits per heavy atom. The lowest BCUT2D eigenvalue weighted by Gasteiger charge is -2.38. The number of halogens is 5. The number of benzene rings is 1. The second-order valence-electron chi connectivity index (χ2n) is 8.32. The summed E-state index contributed by atoms with van der Waals surface area (Å²) in [5.74, 6) is -1.23. The highest BCUT2D eigenvalue weighted by Crippen LogP contribution is 2.38. The van der Waals surface area contributed by atoms with Gasteiger partial charge in [0.15, 0.2) is 9.84 Å². The SMILES string of the molecule is CC1(C)C(N)=N[C@](C)(c2cc(NCc3nn(CC(F)(F)F)cc3Cl)ccc2F)CS1(=O)=O. The van der Waals surface area contributed by atoms with Crippen LogP contribution in [0.2, 0.25) is 5.02 Å². The molecule has 1 aliphatic heterocycles. The maximum Gasteiger partial charge on any atom is 0.408 e. The number of aromatic nitrogens is 2. The monoisotopic (exact) mass is 495 g/mol. The summed E-state index contributed by atoms with van der Waals surface area (Å²) in [6, 6.07) is 3.93. The molecule has 7 nitrogen and oxygen atoms in total. The van der Waals surface area contributed by atoms with Crippen LogP contribution < -0.4 is 11.1 Å². The number of nitrogens with two attached hydrogens (primary N) is 1. The third kappa shape index (κ3) is 4.70. The van der Waals surface area contributed by atoms with E-state index in [1.807, 2.05) is 0 Å². The van der Waals surface area contributed by atoms with Crippen molar-refractivity contribution in [2.75, 3.05) is 11.1 Å². The van der Waals surface area contributed by atoms with Crippen LogP contribution in [0.5, 0.6) is 0 Å². The van der Waals surface area contributed by atoms with Crippen molar-refractivity contribution in [3.63, 3.8) is 0 Å². The minimum absolute atomic E-state index is 0.0122. The molecule has 2 heterocycles. The van der Waals surface area contributed by atoms with Gasteiger partial charge in [0.25, 0.3) is 0 Å². The molecule has 0 spiro atoms. The number of rotatable bonds is 5. The molecule has 2 aromatic rings. The van der Waals surface area contributed by atoms with Crippen molar-refractivity contribution in [2.45, 2.75) is 50.3 Å². The molecule has 0 radical (unpaired) electrons. The number of nitrogens with one attached hydrogen (secondary N) is 1. The van der Waals surface area contributed by atoms with E-state index in [2.05, 4.69) is 15.4 Å². The van der Waals surface area contributed by atoms with E-state index in [1.54, 1.807) is 0 Å². The van der Waals surface area contributed by atoms with Gasteiger partial charge >= 0.3 is 6.18 Å². The van der Waals surface area contributed by atoms with Crippen molar-refractivity contribution in [1.29, 1.82) is 0 Å². The van der Waals surface area contributed by atoms with E-state index in [0.717, 1.165) is 12.3 Å². The minimum atomic E-state index is -4.45. The zero-order valence-electron chi connectivity index (χ0n) is 17.5. The van der Waals surface area contributed by atoms with Crippen molar-refractivity contribution in [3.8, 4) is 0 Å². The Kier molecular flexibility index (Phi) is 6.01. The predicted octanol–water partition coefficient (Wildman–Crippen LogP) is 3.63. The quantitative estimate of drug-likeness (QED) is 0.617. The number of amidine groups is 1. The first kappa shape index (κ1) is 24.3. The van der Waals surface area contributed by atoms with Crippen LogP contribution in [0.4, 0.5) is 23.2 Å². The Bertz CT molecular complexity index is 1180. The lowest BCUT2D eigenvalue weighted by atomic mass is 9.92. The van der Waals surface area contributed by atoms with E-state index in [-0.39, 0.29) is 28.7 Å². The van der Waals surface area contributed by atoms with Gasteiger partial charge in [-0.3, -0.25) is 9.67 Å². The van der Waals surface area contributed by atoms with Crippen molar-refractivity contribution in [3.05, 3.63) is 46.5 Å². The summed E-state index contributed by atoms with van der Waals surface area (Å²) in [5, 5.41) is 6.76. The summed E-state index contributed by atoms with van der Waals surface area (Å²) in [6.07, 6.45) is -3.38. The summed E-state index contributed by atoms with van der Waals surface area (Å²) < 4.78 is 77.1. The van der Waals surface area contributed by atoms with Crippen LogP contribution in [0.1, 0.15) is 32.0 Å². The van der Waals surface area contributed by atoms with Crippen LogP contribution >= 0.6 is 11.6 Å². The Balaban J connectivity index is 1.87. The fourth-order valence-corrected chi connectivity index (χ4v) is 5.24. The summed E-state index contributed by atoms with van der Waals surface area (Å²) in [5.41, 5.74) is 5.01. The molecule has 0 bridgehead atoms. The van der Waals surface area contributed by atoms with Gasteiger partial charge in [0.2, 0.25) is 0 Å². The van der Waals surface area contributed by atoms with Gasteiger partial charge in [-0.2, -0.15) is 18.3 Å². The molecule has 1 aliphatic rings. The molecular weight excluding hydrogens is 474 g/mol. The average molecular weight is 496 g/mol. The van der Waals surface area contributed by atoms with Crippen molar-refractivity contribution < 1.29 is 26.0 Å². The smallest absolute Gasteiger partial charge is 0.386 e. The topological polar surface area (TPSA) is 102 Å². The Hall–Kier alpha value is -2.34. The third-order valence-corrected chi connectivity index (χ3v) is 8.39. The Morgan fingerprint density at radius 3 is 2.53 bits per heavy atom. The van der Waals surface area contributed by atoms with Gasteiger partial charge in [0.1, 0.15) is 34.2 Å². The fourth-order valence-electron chi connectivity index (χ4n) is 3.34. The van der Waals surface area contributed by atoms with Crippen molar-refractivity contribution in [2.24, 2.45) is 10.7 Å². The van der Waals surface area contributed by atoms with Gasteiger partial charge in [0, 0.05) is 17.4 Å². The van der Waals surface area contributed by atoms with Crippen LogP contribution in [-0.4, -0.2) is 40.7 Å². The zero-order valence-corrected chi connectivity index (χ0v) is 19.0. The van der Waals surface area contributed by atoms with Crippen LogP contribution in [0.3, 0.4) is 0 Å². The van der Waals surface area contributed by atoms with Gasteiger partial charge in [-0.25, -0.2) is 12.8 Å². The maximum atomic E-state index is 14.7. The van der Waals surface area contributed by atoms with E-state index >= 15 is 0 Å². The minimum Gasteiger partial charge on any atom is -0.386 e. The number of hydrogen-bond acceptors (Lipinski definition) is 6. The van der Waals surface area contributed by atoms with Crippen molar-refractivity contribution >= 4 is 33.0 Å². The molecular formula is C19H22ClF4N5O2S. The van der Waals surface area contributed by atoms with Crippen LogP contribution in [0.15, 0.2) is 29.4 Å². The zero-order chi connectivity index (χ0) is 24.1. The fraction of sp³-hybridized carbons (Fsp3) is 0.474. The third-order valence-electron chi connectivity index (χ3n) is 5.37. The first-order valence-corrected chi connectivity index (χ1v) is 11.5. The van der Waals surface area contributed by atoms with E-state index in [4.69, 9.17) is 17.3 Å². The van der Waals surface area contributed by atoms with Crippen molar-refractivity contribution in [1.82, 2.24) is 9.78 Å². The predicted molar refractivity (Wildman–Crippen MR) is 114 cm³/mol. The Labute approximate surface area is 187 Å². The molecule has 0 saturated heterocycles. The molecule has 32 heavy (non-hydrogen) atoms. The molecule has 3 N–H and O–H groups in total. The normalized spacial score (nSPS) is 22.4. The number of anilines is 1. The van der Waals surface area contributed by atoms with E-state index in [9.17, 15) is 26.0 Å². The second kappa shape index (κ2) is 7.91. The number of sulfone groups is 1. The molecule has 176 valence electrons. The molecule has 0 saturated carbocycles. The molecule has 1 aromatic heterocycles. The van der Waals surface area contributed by atoms with Crippen LogP contribution in [-0.2, 0) is 28.5 Å². The second-order valence-corrected chi connectivity index (χ2v) is 11.3. The highest BCUT2D eigenvalue weighted by molar-refractivity contribution is 7.93. The van der Waals surface area contributed by atoms with Gasteiger partial charge in [-0.05, 0) is 39.0 Å². The number of hydrogen-bond donors (Lipinski definition) is 2. The molecule has 0 unspecified atom stereocenters. The molecule has 0 fully saturated rings. The largest absolute Gasteiger partial charge is 0.408 e. The van der Waals surface area contributed by atoms with Gasteiger partial charge in [-0.1, -0.05) is 11.6 Å². The maximum absolute atomic E-state index is 14.7. The first-order valence-electron chi connectivity index (χ1n) is 9.45. The summed E-state index contributed by atoms with van der Waals surface area (Å²) in [4.78, 5) is 4.31. The van der Waals surface area contributed by atoms with Gasteiger partial charge in [-0.15, -0.1) is 0 Å². The molecule has 3 rings (SSSR count). The summed E-state index contributed by atoms with van der Waals surface area (Å²) in [7, 11) is -3.73. The standard InChI is InChI=1S/C19H22ClF4N5O2S/c1-17(2)16(25)27-18(3,10-32(17,30)31)12-6-11(4-5-14(12)21)26-7-15-13(20)8-29(28-15)9-19(22,23)24/h4-6,8,26H,7,9-10H2,1-3H3,(H2,25,27)/t18-/m0/s1.